The Morgan fingerprint density at radius 1 is 1.29 bits per heavy atom. The Morgan fingerprint density at radius 3 is 2.62 bits per heavy atom. The van der Waals surface area contributed by atoms with E-state index in [1.807, 2.05) is 33.0 Å². The summed E-state index contributed by atoms with van der Waals surface area (Å²) in [6, 6.07) is 8.10. The van der Waals surface area contributed by atoms with E-state index in [2.05, 4.69) is 37.5 Å². The molecule has 0 amide bonds. The summed E-state index contributed by atoms with van der Waals surface area (Å²) in [6.07, 6.45) is 0. The maximum Gasteiger partial charge on any atom is 0.223 e. The molecule has 7 nitrogen and oxygen atoms in total. The van der Waals surface area contributed by atoms with Gasteiger partial charge in [-0.25, -0.2) is 4.99 Å². The Balaban J connectivity index is 2.00. The monoisotopic (exact) mass is 331 g/mol. The fourth-order valence-electron chi connectivity index (χ4n) is 2.23. The number of benzene rings is 1. The number of rotatable bonds is 7. The largest absolute Gasteiger partial charge is 0.494 e. The van der Waals surface area contributed by atoms with Gasteiger partial charge in [0.15, 0.2) is 11.8 Å². The first-order valence-electron chi connectivity index (χ1n) is 8.12. The molecular weight excluding hydrogens is 306 g/mol. The summed E-state index contributed by atoms with van der Waals surface area (Å²) in [7, 11) is 2.00. The van der Waals surface area contributed by atoms with Crippen LogP contribution in [0.2, 0.25) is 0 Å². The molecule has 1 heterocycles. The highest BCUT2D eigenvalue weighted by Gasteiger charge is 2.08. The van der Waals surface area contributed by atoms with Crippen molar-refractivity contribution in [1.29, 1.82) is 0 Å². The molecule has 0 fully saturated rings. The van der Waals surface area contributed by atoms with Crippen LogP contribution in [0.3, 0.4) is 0 Å². The van der Waals surface area contributed by atoms with E-state index < -0.39 is 0 Å². The molecule has 0 radical (unpaired) electrons. The summed E-state index contributed by atoms with van der Waals surface area (Å²) >= 11 is 0. The maximum atomic E-state index is 5.47. The first-order chi connectivity index (χ1) is 11.6. The molecule has 1 aromatic heterocycles. The molecule has 2 rings (SSSR count). The van der Waals surface area contributed by atoms with Crippen molar-refractivity contribution in [2.45, 2.75) is 33.9 Å². The van der Waals surface area contributed by atoms with Crippen LogP contribution in [0.5, 0.6) is 5.75 Å². The van der Waals surface area contributed by atoms with E-state index in [4.69, 9.17) is 9.26 Å². The molecule has 0 bridgehead atoms. The third-order valence-electron chi connectivity index (χ3n) is 3.29. The molecular formula is C17H25N5O2. The van der Waals surface area contributed by atoms with Crippen LogP contribution in [0.4, 0.5) is 0 Å². The summed E-state index contributed by atoms with van der Waals surface area (Å²) in [6.45, 7) is 8.37. The zero-order chi connectivity index (χ0) is 17.4. The van der Waals surface area contributed by atoms with Crippen LogP contribution in [0.1, 0.15) is 31.1 Å². The van der Waals surface area contributed by atoms with Gasteiger partial charge in [-0.15, -0.1) is 0 Å². The molecule has 0 aliphatic heterocycles. The van der Waals surface area contributed by atoms with Gasteiger partial charge in [0.05, 0.1) is 6.61 Å². The van der Waals surface area contributed by atoms with Crippen molar-refractivity contribution in [3.63, 3.8) is 0 Å². The fraction of sp³-hybridized carbons (Fsp3) is 0.471. The second-order valence-electron chi connectivity index (χ2n) is 5.33. The minimum absolute atomic E-state index is 0.382. The lowest BCUT2D eigenvalue weighted by molar-refractivity contribution is 0.340. The van der Waals surface area contributed by atoms with Crippen molar-refractivity contribution in [3.05, 3.63) is 41.5 Å². The average molecular weight is 331 g/mol. The van der Waals surface area contributed by atoms with E-state index in [0.717, 1.165) is 24.8 Å². The van der Waals surface area contributed by atoms with E-state index in [0.29, 0.717) is 24.9 Å². The van der Waals surface area contributed by atoms with Crippen LogP contribution in [-0.4, -0.2) is 41.2 Å². The van der Waals surface area contributed by atoms with Crippen LogP contribution in [0, 0.1) is 6.92 Å². The standard InChI is InChI=1S/C17H25N5O2/c1-5-18-17(19-11-16-20-13(3)24-21-16)22(4)12-14-7-9-15(10-8-14)23-6-2/h7-10H,5-6,11-12H2,1-4H3,(H,18,19). The van der Waals surface area contributed by atoms with E-state index >= 15 is 0 Å². The third-order valence-corrected chi connectivity index (χ3v) is 3.29. The molecule has 0 saturated heterocycles. The number of nitrogens with zero attached hydrogens (tertiary/aromatic N) is 4. The van der Waals surface area contributed by atoms with Crippen LogP contribution < -0.4 is 10.1 Å². The summed E-state index contributed by atoms with van der Waals surface area (Å²) in [5.41, 5.74) is 1.18. The highest BCUT2D eigenvalue weighted by Crippen LogP contribution is 2.13. The van der Waals surface area contributed by atoms with Crippen molar-refractivity contribution in [2.24, 2.45) is 4.99 Å². The van der Waals surface area contributed by atoms with Gasteiger partial charge in [-0.2, -0.15) is 4.98 Å². The summed E-state index contributed by atoms with van der Waals surface area (Å²) < 4.78 is 10.4. The maximum absolute atomic E-state index is 5.47. The van der Waals surface area contributed by atoms with E-state index in [9.17, 15) is 0 Å². The van der Waals surface area contributed by atoms with Crippen LogP contribution in [-0.2, 0) is 13.1 Å². The molecule has 24 heavy (non-hydrogen) atoms. The Hall–Kier alpha value is -2.57. The molecule has 7 heteroatoms. The van der Waals surface area contributed by atoms with Crippen molar-refractivity contribution < 1.29 is 9.26 Å². The van der Waals surface area contributed by atoms with Gasteiger partial charge in [-0.1, -0.05) is 17.3 Å². The smallest absolute Gasteiger partial charge is 0.223 e. The van der Waals surface area contributed by atoms with Crippen molar-refractivity contribution in [3.8, 4) is 5.75 Å². The van der Waals surface area contributed by atoms with Crippen LogP contribution >= 0.6 is 0 Å². The van der Waals surface area contributed by atoms with Gasteiger partial charge in [-0.05, 0) is 31.5 Å². The summed E-state index contributed by atoms with van der Waals surface area (Å²) in [5, 5.41) is 7.14. The van der Waals surface area contributed by atoms with Crippen LogP contribution in [0.15, 0.2) is 33.8 Å². The first-order valence-corrected chi connectivity index (χ1v) is 8.12. The second-order valence-corrected chi connectivity index (χ2v) is 5.33. The number of hydrogen-bond acceptors (Lipinski definition) is 5. The minimum atomic E-state index is 0.382. The Bertz CT molecular complexity index is 651. The lowest BCUT2D eigenvalue weighted by Gasteiger charge is -2.22. The van der Waals surface area contributed by atoms with Crippen molar-refractivity contribution in [1.82, 2.24) is 20.4 Å². The average Bonchev–Trinajstić information content (AvgIpc) is 2.99. The number of guanidine groups is 1. The normalized spacial score (nSPS) is 11.4. The number of ether oxygens (including phenoxy) is 1. The Labute approximate surface area is 142 Å². The molecule has 0 unspecified atom stereocenters. The van der Waals surface area contributed by atoms with Gasteiger partial charge in [0.1, 0.15) is 12.3 Å². The molecule has 130 valence electrons. The molecule has 0 aliphatic carbocycles. The van der Waals surface area contributed by atoms with E-state index in [1.165, 1.54) is 5.56 Å². The molecule has 0 aliphatic rings. The van der Waals surface area contributed by atoms with Gasteiger partial charge < -0.3 is 19.5 Å². The topological polar surface area (TPSA) is 75.8 Å². The summed E-state index contributed by atoms with van der Waals surface area (Å²) in [4.78, 5) is 10.8. The zero-order valence-corrected chi connectivity index (χ0v) is 14.7. The summed E-state index contributed by atoms with van der Waals surface area (Å²) in [5.74, 6) is 2.82. The van der Waals surface area contributed by atoms with Gasteiger partial charge in [0.2, 0.25) is 5.89 Å². The van der Waals surface area contributed by atoms with Crippen molar-refractivity contribution >= 4 is 5.96 Å². The zero-order valence-electron chi connectivity index (χ0n) is 14.7. The van der Waals surface area contributed by atoms with Gasteiger partial charge in [-0.3, -0.25) is 0 Å². The number of nitrogens with one attached hydrogen (secondary N) is 1. The lowest BCUT2D eigenvalue weighted by Crippen LogP contribution is -2.38. The number of aryl methyl sites for hydroxylation is 1. The third kappa shape index (κ3) is 5.26. The Kier molecular flexibility index (Phi) is 6.60. The van der Waals surface area contributed by atoms with Crippen LogP contribution in [0.25, 0.3) is 0 Å². The highest BCUT2D eigenvalue weighted by molar-refractivity contribution is 5.79. The molecule has 1 aromatic carbocycles. The van der Waals surface area contributed by atoms with Crippen molar-refractivity contribution in [2.75, 3.05) is 20.2 Å². The molecule has 1 N–H and O–H groups in total. The lowest BCUT2D eigenvalue weighted by atomic mass is 10.2. The minimum Gasteiger partial charge on any atom is -0.494 e. The highest BCUT2D eigenvalue weighted by atomic mass is 16.5. The predicted octanol–water partition coefficient (Wildman–Crippen LogP) is 2.37. The predicted molar refractivity (Wildman–Crippen MR) is 92.9 cm³/mol. The van der Waals surface area contributed by atoms with Gasteiger partial charge in [0, 0.05) is 27.1 Å². The molecule has 0 atom stereocenters. The van der Waals surface area contributed by atoms with Gasteiger partial charge >= 0.3 is 0 Å². The molecule has 0 spiro atoms. The molecule has 0 saturated carbocycles. The van der Waals surface area contributed by atoms with E-state index in [-0.39, 0.29) is 0 Å². The number of aliphatic imine (C=N–C) groups is 1. The molecule has 2 aromatic rings. The fourth-order valence-corrected chi connectivity index (χ4v) is 2.23. The van der Waals surface area contributed by atoms with Gasteiger partial charge in [0.25, 0.3) is 0 Å². The SMILES string of the molecule is CCNC(=NCc1noc(C)n1)N(C)Cc1ccc(OCC)cc1. The first kappa shape index (κ1) is 17.8. The van der Waals surface area contributed by atoms with E-state index in [1.54, 1.807) is 6.92 Å². The number of hydrogen-bond donors (Lipinski definition) is 1. The number of aromatic nitrogens is 2. The quantitative estimate of drug-likeness (QED) is 0.620. The second kappa shape index (κ2) is 8.90. The Morgan fingerprint density at radius 2 is 2.04 bits per heavy atom.